The molecule has 0 aliphatic carbocycles. The Balaban J connectivity index is 2.12. The van der Waals surface area contributed by atoms with Crippen molar-refractivity contribution in [3.05, 3.63) is 28.9 Å². The molecule has 5 nitrogen and oxygen atoms in total. The molecule has 1 aromatic heterocycles. The number of carbonyl (C=O) groups is 1. The minimum atomic E-state index is 0.117. The van der Waals surface area contributed by atoms with Crippen molar-refractivity contribution in [1.82, 2.24) is 9.88 Å². The van der Waals surface area contributed by atoms with Gasteiger partial charge in [0.05, 0.1) is 29.6 Å². The summed E-state index contributed by atoms with van der Waals surface area (Å²) in [4.78, 5) is 20.3. The van der Waals surface area contributed by atoms with Gasteiger partial charge in [-0.1, -0.05) is 15.9 Å². The lowest BCUT2D eigenvalue weighted by Gasteiger charge is -2.25. The molecule has 1 aliphatic heterocycles. The van der Waals surface area contributed by atoms with E-state index in [-0.39, 0.29) is 5.91 Å². The Morgan fingerprint density at radius 3 is 2.95 bits per heavy atom. The van der Waals surface area contributed by atoms with E-state index in [0.717, 1.165) is 40.6 Å². The minimum Gasteiger partial charge on any atom is -0.396 e. The van der Waals surface area contributed by atoms with E-state index in [1.807, 2.05) is 25.2 Å². The lowest BCUT2D eigenvalue weighted by molar-refractivity contribution is -0.127. The zero-order valence-corrected chi connectivity index (χ0v) is 13.4. The van der Waals surface area contributed by atoms with Crippen LogP contribution in [-0.2, 0) is 4.79 Å². The molecular weight excluding hydrogens is 332 g/mol. The normalized spacial score (nSPS) is 16.4. The number of hydrogen-bond acceptors (Lipinski definition) is 4. The monoisotopic (exact) mass is 348 g/mol. The van der Waals surface area contributed by atoms with Crippen molar-refractivity contribution >= 4 is 44.1 Å². The highest BCUT2D eigenvalue weighted by Gasteiger charge is 2.22. The lowest BCUT2D eigenvalue weighted by Crippen LogP contribution is -2.34. The van der Waals surface area contributed by atoms with Crippen LogP contribution >= 0.6 is 15.9 Å². The predicted molar refractivity (Wildman–Crippen MR) is 88.3 cm³/mol. The third-order valence-electron chi connectivity index (χ3n) is 3.82. The summed E-state index contributed by atoms with van der Waals surface area (Å²) in [6.45, 7) is 1.94. The lowest BCUT2D eigenvalue weighted by atomic mass is 10.1. The highest BCUT2D eigenvalue weighted by Crippen LogP contribution is 2.33. The maximum Gasteiger partial charge on any atom is 0.241 e. The fourth-order valence-corrected chi connectivity index (χ4v) is 3.06. The smallest absolute Gasteiger partial charge is 0.241 e. The molecule has 1 saturated heterocycles. The van der Waals surface area contributed by atoms with E-state index in [9.17, 15) is 4.79 Å². The Morgan fingerprint density at radius 2 is 2.14 bits per heavy atom. The number of aromatic nitrogens is 1. The quantitative estimate of drug-likeness (QED) is 0.858. The summed E-state index contributed by atoms with van der Waals surface area (Å²) in [6.07, 6.45) is 2.60. The van der Waals surface area contributed by atoms with Crippen LogP contribution in [0.2, 0.25) is 0 Å². The van der Waals surface area contributed by atoms with Crippen LogP contribution in [0.25, 0.3) is 10.9 Å². The number of nitrogen functional groups attached to an aromatic ring is 1. The number of carbonyl (C=O) groups excluding carboxylic acids is 1. The van der Waals surface area contributed by atoms with Gasteiger partial charge in [0.15, 0.2) is 0 Å². The summed E-state index contributed by atoms with van der Waals surface area (Å²) in [7, 11) is 1.84. The molecule has 0 atom stereocenters. The summed E-state index contributed by atoms with van der Waals surface area (Å²) in [5, 5.41) is 0.974. The summed E-state index contributed by atoms with van der Waals surface area (Å²) >= 11 is 3.49. The third kappa shape index (κ3) is 2.68. The first-order valence-corrected chi connectivity index (χ1v) is 7.68. The predicted octanol–water partition coefficient (Wildman–Crippen LogP) is 2.25. The van der Waals surface area contributed by atoms with Crippen LogP contribution in [-0.4, -0.2) is 42.5 Å². The van der Waals surface area contributed by atoms with Crippen LogP contribution in [0.15, 0.2) is 28.9 Å². The van der Waals surface area contributed by atoms with E-state index in [1.54, 1.807) is 11.1 Å². The van der Waals surface area contributed by atoms with E-state index < -0.39 is 0 Å². The molecule has 2 N–H and O–H groups in total. The minimum absolute atomic E-state index is 0.117. The number of fused-ring (bicyclic) bond motifs is 1. The number of nitrogens with two attached hydrogens (primary N) is 1. The summed E-state index contributed by atoms with van der Waals surface area (Å²) in [5.41, 5.74) is 8.55. The van der Waals surface area contributed by atoms with Crippen LogP contribution in [0, 0.1) is 0 Å². The third-order valence-corrected chi connectivity index (χ3v) is 4.31. The number of likely N-dealkylation sites (N-methyl/N-ethyl adjacent to an activating group) is 1. The Hall–Kier alpha value is -1.82. The number of rotatable bonds is 1. The molecule has 2 heterocycles. The van der Waals surface area contributed by atoms with Gasteiger partial charge < -0.3 is 15.5 Å². The van der Waals surface area contributed by atoms with Crippen molar-refractivity contribution in [2.24, 2.45) is 0 Å². The Bertz CT molecular complexity index is 698. The Kier molecular flexibility index (Phi) is 3.71. The van der Waals surface area contributed by atoms with Crippen molar-refractivity contribution in [2.45, 2.75) is 6.42 Å². The van der Waals surface area contributed by atoms with Crippen molar-refractivity contribution in [3.63, 3.8) is 0 Å². The molecule has 6 heteroatoms. The van der Waals surface area contributed by atoms with Gasteiger partial charge in [-0.2, -0.15) is 0 Å². The SMILES string of the molecule is CN1CCCN(c2c(N)cnc3ccc(Br)cc23)CC1=O. The number of benzene rings is 1. The topological polar surface area (TPSA) is 62.5 Å². The highest BCUT2D eigenvalue weighted by molar-refractivity contribution is 9.10. The molecule has 0 saturated carbocycles. The van der Waals surface area contributed by atoms with Crippen molar-refractivity contribution in [2.75, 3.05) is 37.3 Å². The van der Waals surface area contributed by atoms with Gasteiger partial charge in [-0.05, 0) is 24.6 Å². The Labute approximate surface area is 131 Å². The van der Waals surface area contributed by atoms with E-state index in [0.29, 0.717) is 12.2 Å². The number of hydrogen-bond donors (Lipinski definition) is 1. The van der Waals surface area contributed by atoms with Gasteiger partial charge in [0, 0.05) is 30.0 Å². The maximum absolute atomic E-state index is 12.1. The van der Waals surface area contributed by atoms with Gasteiger partial charge in [-0.15, -0.1) is 0 Å². The molecular formula is C15H17BrN4O. The zero-order chi connectivity index (χ0) is 15.0. The van der Waals surface area contributed by atoms with E-state index in [4.69, 9.17) is 5.73 Å². The molecule has 1 aliphatic rings. The fourth-order valence-electron chi connectivity index (χ4n) is 2.70. The number of anilines is 2. The molecule has 0 unspecified atom stereocenters. The number of halogens is 1. The second-order valence-corrected chi connectivity index (χ2v) is 6.23. The van der Waals surface area contributed by atoms with Crippen LogP contribution < -0.4 is 10.6 Å². The standard InChI is InChI=1S/C15H17BrN4O/c1-19-5-2-6-20(9-14(19)21)15-11-7-10(16)3-4-13(11)18-8-12(15)17/h3-4,7-8H,2,5-6,9,17H2,1H3. The van der Waals surface area contributed by atoms with Gasteiger partial charge >= 0.3 is 0 Å². The van der Waals surface area contributed by atoms with E-state index in [2.05, 4.69) is 25.8 Å². The molecule has 1 fully saturated rings. The first-order valence-electron chi connectivity index (χ1n) is 6.89. The van der Waals surface area contributed by atoms with Gasteiger partial charge in [0.1, 0.15) is 0 Å². The number of nitrogens with zero attached hydrogens (tertiary/aromatic N) is 3. The molecule has 2 aromatic rings. The van der Waals surface area contributed by atoms with Crippen LogP contribution in [0.5, 0.6) is 0 Å². The second-order valence-electron chi connectivity index (χ2n) is 5.31. The van der Waals surface area contributed by atoms with Crippen LogP contribution in [0.3, 0.4) is 0 Å². The molecule has 1 amide bonds. The molecule has 0 spiro atoms. The first-order chi connectivity index (χ1) is 10.1. The van der Waals surface area contributed by atoms with Gasteiger partial charge in [-0.25, -0.2) is 0 Å². The molecule has 1 aromatic carbocycles. The summed E-state index contributed by atoms with van der Waals surface area (Å²) < 4.78 is 0.974. The Morgan fingerprint density at radius 1 is 1.33 bits per heavy atom. The summed E-state index contributed by atoms with van der Waals surface area (Å²) in [5.74, 6) is 0.117. The van der Waals surface area contributed by atoms with Crippen LogP contribution in [0.1, 0.15) is 6.42 Å². The molecule has 0 bridgehead atoms. The van der Waals surface area contributed by atoms with Gasteiger partial charge in [0.25, 0.3) is 0 Å². The number of pyridine rings is 1. The van der Waals surface area contributed by atoms with Crippen molar-refractivity contribution in [1.29, 1.82) is 0 Å². The van der Waals surface area contributed by atoms with Crippen molar-refractivity contribution < 1.29 is 4.79 Å². The van der Waals surface area contributed by atoms with Gasteiger partial charge in [-0.3, -0.25) is 9.78 Å². The largest absolute Gasteiger partial charge is 0.396 e. The molecule has 0 radical (unpaired) electrons. The highest BCUT2D eigenvalue weighted by atomic mass is 79.9. The van der Waals surface area contributed by atoms with E-state index in [1.165, 1.54) is 0 Å². The van der Waals surface area contributed by atoms with Crippen molar-refractivity contribution in [3.8, 4) is 0 Å². The summed E-state index contributed by atoms with van der Waals surface area (Å²) in [6, 6.07) is 5.91. The molecule has 21 heavy (non-hydrogen) atoms. The fraction of sp³-hybridized carbons (Fsp3) is 0.333. The zero-order valence-electron chi connectivity index (χ0n) is 11.8. The molecule has 110 valence electrons. The second kappa shape index (κ2) is 5.52. The average Bonchev–Trinajstić information content (AvgIpc) is 2.61. The maximum atomic E-state index is 12.1. The number of amides is 1. The molecule has 3 rings (SSSR count). The van der Waals surface area contributed by atoms with Crippen LogP contribution in [0.4, 0.5) is 11.4 Å². The average molecular weight is 349 g/mol. The van der Waals surface area contributed by atoms with E-state index >= 15 is 0 Å². The first kappa shape index (κ1) is 14.1. The van der Waals surface area contributed by atoms with Gasteiger partial charge in [0.2, 0.25) is 5.91 Å².